The van der Waals surface area contributed by atoms with E-state index in [0.717, 1.165) is 65.3 Å². The van der Waals surface area contributed by atoms with Crippen LogP contribution in [0.15, 0.2) is 73.1 Å². The molecular weight excluding hydrogens is 418 g/mol. The summed E-state index contributed by atoms with van der Waals surface area (Å²) in [6.45, 7) is 6.15. The van der Waals surface area contributed by atoms with Gasteiger partial charge in [0.2, 0.25) is 0 Å². The highest BCUT2D eigenvalue weighted by Gasteiger charge is 2.14. The maximum absolute atomic E-state index is 6.59. The smallest absolute Gasteiger partial charge is 0.128 e. The van der Waals surface area contributed by atoms with Gasteiger partial charge in [0.15, 0.2) is 0 Å². The summed E-state index contributed by atoms with van der Waals surface area (Å²) in [6, 6.07) is 20.7. The molecule has 0 amide bonds. The van der Waals surface area contributed by atoms with Crippen molar-refractivity contribution in [1.29, 1.82) is 0 Å². The highest BCUT2D eigenvalue weighted by molar-refractivity contribution is 6.33. The van der Waals surface area contributed by atoms with E-state index in [2.05, 4.69) is 57.8 Å². The van der Waals surface area contributed by atoms with Gasteiger partial charge in [-0.15, -0.1) is 0 Å². The van der Waals surface area contributed by atoms with Crippen molar-refractivity contribution in [3.8, 4) is 11.3 Å². The number of aromatic nitrogens is 2. The number of piperazine rings is 1. The summed E-state index contributed by atoms with van der Waals surface area (Å²) in [4.78, 5) is 11.7. The monoisotopic (exact) mass is 443 g/mol. The predicted molar refractivity (Wildman–Crippen MR) is 134 cm³/mol. The van der Waals surface area contributed by atoms with Crippen LogP contribution in [0.5, 0.6) is 0 Å². The Hall–Kier alpha value is -3.15. The van der Waals surface area contributed by atoms with Crippen LogP contribution in [0, 0.1) is 0 Å². The first-order valence-corrected chi connectivity index (χ1v) is 11.4. The molecule has 1 fully saturated rings. The molecule has 0 aliphatic carbocycles. The van der Waals surface area contributed by atoms with Crippen LogP contribution in [0.4, 0.5) is 11.5 Å². The average molecular weight is 444 g/mol. The molecule has 6 heteroatoms. The molecule has 1 saturated heterocycles. The van der Waals surface area contributed by atoms with Gasteiger partial charge in [-0.25, -0.2) is 4.98 Å². The van der Waals surface area contributed by atoms with E-state index in [1.807, 2.05) is 42.7 Å². The summed E-state index contributed by atoms with van der Waals surface area (Å²) in [5.41, 5.74) is 3.96. The molecule has 162 valence electrons. The number of rotatable bonds is 5. The fourth-order valence-electron chi connectivity index (χ4n) is 4.20. The third-order valence-corrected chi connectivity index (χ3v) is 6.32. The van der Waals surface area contributed by atoms with E-state index in [1.54, 1.807) is 0 Å². The predicted octanol–water partition coefficient (Wildman–Crippen LogP) is 5.53. The minimum atomic E-state index is 0.106. The molecule has 0 bridgehead atoms. The Balaban J connectivity index is 1.38. The first-order valence-electron chi connectivity index (χ1n) is 11.0. The van der Waals surface area contributed by atoms with Crippen molar-refractivity contribution in [2.75, 3.05) is 36.4 Å². The van der Waals surface area contributed by atoms with E-state index in [9.17, 15) is 0 Å². The molecule has 0 radical (unpaired) electrons. The summed E-state index contributed by atoms with van der Waals surface area (Å²) < 4.78 is 0. The van der Waals surface area contributed by atoms with Crippen molar-refractivity contribution in [2.45, 2.75) is 13.0 Å². The zero-order valence-corrected chi connectivity index (χ0v) is 18.8. The first-order chi connectivity index (χ1) is 15.7. The number of anilines is 2. The Morgan fingerprint density at radius 2 is 1.84 bits per heavy atom. The largest absolute Gasteiger partial charge is 0.378 e. The van der Waals surface area contributed by atoms with Crippen LogP contribution < -0.4 is 15.5 Å². The van der Waals surface area contributed by atoms with Crippen molar-refractivity contribution in [3.05, 3.63) is 83.6 Å². The maximum atomic E-state index is 6.59. The third-order valence-electron chi connectivity index (χ3n) is 5.99. The Morgan fingerprint density at radius 3 is 2.66 bits per heavy atom. The lowest BCUT2D eigenvalue weighted by molar-refractivity contribution is 0.585. The standard InChI is InChI=1S/C26H26ClN5/c1-18(20-6-9-25(30-17-20)32-14-12-28-13-15-32)31-21-7-8-24(27)23(16-21)26-22-5-3-2-4-19(22)10-11-29-26/h2-11,16-18,28,31H,12-15H2,1H3. The van der Waals surface area contributed by atoms with Gasteiger partial charge < -0.3 is 15.5 Å². The zero-order chi connectivity index (χ0) is 21.9. The van der Waals surface area contributed by atoms with Crippen LogP contribution >= 0.6 is 11.6 Å². The van der Waals surface area contributed by atoms with E-state index in [-0.39, 0.29) is 6.04 Å². The number of benzene rings is 2. The van der Waals surface area contributed by atoms with E-state index >= 15 is 0 Å². The fourth-order valence-corrected chi connectivity index (χ4v) is 4.41. The molecule has 2 aromatic heterocycles. The molecule has 2 aromatic carbocycles. The SMILES string of the molecule is CC(Nc1ccc(Cl)c(-c2nccc3ccccc23)c1)c1ccc(N2CCNCC2)nc1. The number of hydrogen-bond acceptors (Lipinski definition) is 5. The van der Waals surface area contributed by atoms with Crippen molar-refractivity contribution in [2.24, 2.45) is 0 Å². The van der Waals surface area contributed by atoms with E-state index in [0.29, 0.717) is 5.02 Å². The van der Waals surface area contributed by atoms with Gasteiger partial charge in [0.25, 0.3) is 0 Å². The number of halogens is 1. The van der Waals surface area contributed by atoms with E-state index < -0.39 is 0 Å². The lowest BCUT2D eigenvalue weighted by atomic mass is 10.0. The summed E-state index contributed by atoms with van der Waals surface area (Å²) >= 11 is 6.59. The first kappa shape index (κ1) is 20.7. The van der Waals surface area contributed by atoms with Crippen LogP contribution in [0.2, 0.25) is 5.02 Å². The van der Waals surface area contributed by atoms with Gasteiger partial charge >= 0.3 is 0 Å². The van der Waals surface area contributed by atoms with Crippen LogP contribution in [-0.4, -0.2) is 36.1 Å². The Kier molecular flexibility index (Phi) is 5.93. The molecule has 0 spiro atoms. The van der Waals surface area contributed by atoms with Crippen LogP contribution in [0.1, 0.15) is 18.5 Å². The van der Waals surface area contributed by atoms with Gasteiger partial charge in [-0.1, -0.05) is 41.9 Å². The quantitative estimate of drug-likeness (QED) is 0.424. The molecule has 3 heterocycles. The number of pyridine rings is 2. The van der Waals surface area contributed by atoms with Crippen LogP contribution in [0.25, 0.3) is 22.0 Å². The summed E-state index contributed by atoms with van der Waals surface area (Å²) in [6.07, 6.45) is 3.81. The minimum Gasteiger partial charge on any atom is -0.378 e. The topological polar surface area (TPSA) is 53.1 Å². The Bertz CT molecular complexity index is 1210. The molecule has 1 aliphatic rings. The summed E-state index contributed by atoms with van der Waals surface area (Å²) in [7, 11) is 0. The second-order valence-corrected chi connectivity index (χ2v) is 8.54. The number of fused-ring (bicyclic) bond motifs is 1. The Labute approximate surface area is 193 Å². The van der Waals surface area contributed by atoms with Crippen molar-refractivity contribution in [3.63, 3.8) is 0 Å². The molecule has 1 aliphatic heterocycles. The van der Waals surface area contributed by atoms with Crippen molar-refractivity contribution < 1.29 is 0 Å². The fraction of sp³-hybridized carbons (Fsp3) is 0.231. The number of nitrogens with zero attached hydrogens (tertiary/aromatic N) is 3. The van der Waals surface area contributed by atoms with Gasteiger partial charge in [-0.05, 0) is 48.2 Å². The molecule has 32 heavy (non-hydrogen) atoms. The second kappa shape index (κ2) is 9.15. The van der Waals surface area contributed by atoms with Gasteiger partial charge in [-0.3, -0.25) is 4.98 Å². The van der Waals surface area contributed by atoms with Crippen LogP contribution in [-0.2, 0) is 0 Å². The lowest BCUT2D eigenvalue weighted by Crippen LogP contribution is -2.43. The van der Waals surface area contributed by atoms with Crippen molar-refractivity contribution in [1.82, 2.24) is 15.3 Å². The molecular formula is C26H26ClN5. The molecule has 0 saturated carbocycles. The normalized spacial score (nSPS) is 15.0. The summed E-state index contributed by atoms with van der Waals surface area (Å²) in [5.74, 6) is 1.04. The maximum Gasteiger partial charge on any atom is 0.128 e. The molecule has 5 rings (SSSR count). The van der Waals surface area contributed by atoms with Crippen molar-refractivity contribution >= 4 is 33.9 Å². The second-order valence-electron chi connectivity index (χ2n) is 8.13. The zero-order valence-electron chi connectivity index (χ0n) is 18.1. The molecule has 2 N–H and O–H groups in total. The van der Waals surface area contributed by atoms with E-state index in [1.165, 1.54) is 0 Å². The lowest BCUT2D eigenvalue weighted by Gasteiger charge is -2.28. The van der Waals surface area contributed by atoms with Gasteiger partial charge in [0.05, 0.1) is 16.8 Å². The number of hydrogen-bond donors (Lipinski definition) is 2. The molecule has 4 aromatic rings. The molecule has 1 unspecified atom stereocenters. The average Bonchev–Trinajstić information content (AvgIpc) is 2.85. The molecule has 5 nitrogen and oxygen atoms in total. The summed E-state index contributed by atoms with van der Waals surface area (Å²) in [5, 5.41) is 9.90. The van der Waals surface area contributed by atoms with Gasteiger partial charge in [0.1, 0.15) is 5.82 Å². The highest BCUT2D eigenvalue weighted by Crippen LogP contribution is 2.34. The van der Waals surface area contributed by atoms with Gasteiger partial charge in [-0.2, -0.15) is 0 Å². The Morgan fingerprint density at radius 1 is 1.00 bits per heavy atom. The highest BCUT2D eigenvalue weighted by atomic mass is 35.5. The third kappa shape index (κ3) is 4.27. The van der Waals surface area contributed by atoms with Gasteiger partial charge in [0, 0.05) is 55.2 Å². The minimum absolute atomic E-state index is 0.106. The van der Waals surface area contributed by atoms with E-state index in [4.69, 9.17) is 16.6 Å². The number of nitrogens with one attached hydrogen (secondary N) is 2. The molecule has 1 atom stereocenters. The van der Waals surface area contributed by atoms with Crippen LogP contribution in [0.3, 0.4) is 0 Å².